The summed E-state index contributed by atoms with van der Waals surface area (Å²) in [7, 11) is 0. The average Bonchev–Trinajstić information content (AvgIpc) is 2.85. The molecule has 1 aliphatic heterocycles. The molecule has 1 atom stereocenters. The van der Waals surface area contributed by atoms with Crippen LogP contribution < -0.4 is 5.32 Å². The molecule has 1 N–H and O–H groups in total. The molecular formula is C16H17NO. The van der Waals surface area contributed by atoms with Gasteiger partial charge in [-0.1, -0.05) is 49.4 Å². The molecule has 1 aliphatic rings. The molecular weight excluding hydrogens is 222 g/mol. The summed E-state index contributed by atoms with van der Waals surface area (Å²) in [5.41, 5.74) is 0.615. The summed E-state index contributed by atoms with van der Waals surface area (Å²) in [6.07, 6.45) is 0.926. The van der Waals surface area contributed by atoms with Gasteiger partial charge in [-0.3, -0.25) is 4.79 Å². The van der Waals surface area contributed by atoms with Gasteiger partial charge in [-0.2, -0.15) is 0 Å². The molecule has 3 rings (SSSR count). The summed E-state index contributed by atoms with van der Waals surface area (Å²) in [6, 6.07) is 14.1. The predicted molar refractivity (Wildman–Crippen MR) is 73.9 cm³/mol. The molecule has 2 heteroatoms. The van der Waals surface area contributed by atoms with Crippen molar-refractivity contribution in [2.24, 2.45) is 5.41 Å². The number of nitrogens with one attached hydrogen (secondary N) is 1. The highest BCUT2D eigenvalue weighted by atomic mass is 16.1. The Kier molecular flexibility index (Phi) is 2.67. The fourth-order valence-electron chi connectivity index (χ4n) is 2.76. The van der Waals surface area contributed by atoms with Crippen molar-refractivity contribution in [3.05, 3.63) is 48.0 Å². The maximum Gasteiger partial charge on any atom is 0.170 e. The van der Waals surface area contributed by atoms with E-state index in [1.165, 1.54) is 0 Å². The molecule has 0 bridgehead atoms. The first-order chi connectivity index (χ1) is 8.71. The molecule has 0 amide bonds. The Morgan fingerprint density at radius 2 is 1.94 bits per heavy atom. The van der Waals surface area contributed by atoms with Crippen LogP contribution in [0, 0.1) is 5.41 Å². The van der Waals surface area contributed by atoms with E-state index >= 15 is 0 Å². The summed E-state index contributed by atoms with van der Waals surface area (Å²) in [5, 5.41) is 5.50. The van der Waals surface area contributed by atoms with E-state index in [9.17, 15) is 4.79 Å². The van der Waals surface area contributed by atoms with Gasteiger partial charge in [0.25, 0.3) is 0 Å². The molecule has 1 saturated heterocycles. The second-order valence-corrected chi connectivity index (χ2v) is 5.34. The molecule has 0 aliphatic carbocycles. The van der Waals surface area contributed by atoms with Crippen molar-refractivity contribution >= 4 is 16.6 Å². The number of fused-ring (bicyclic) bond motifs is 1. The SMILES string of the molecule is CC1(C(=O)c2cccc3ccccc23)CCNC1. The molecule has 2 nitrogen and oxygen atoms in total. The molecule has 18 heavy (non-hydrogen) atoms. The van der Waals surface area contributed by atoms with Crippen LogP contribution in [-0.4, -0.2) is 18.9 Å². The van der Waals surface area contributed by atoms with Gasteiger partial charge in [-0.15, -0.1) is 0 Å². The van der Waals surface area contributed by atoms with Crippen molar-refractivity contribution in [1.82, 2.24) is 5.32 Å². The molecule has 0 saturated carbocycles. The van der Waals surface area contributed by atoms with Gasteiger partial charge in [0.15, 0.2) is 5.78 Å². The maximum atomic E-state index is 12.7. The lowest BCUT2D eigenvalue weighted by Gasteiger charge is -2.21. The van der Waals surface area contributed by atoms with E-state index in [2.05, 4.69) is 24.4 Å². The van der Waals surface area contributed by atoms with Crippen molar-refractivity contribution in [2.75, 3.05) is 13.1 Å². The topological polar surface area (TPSA) is 29.1 Å². The molecule has 2 aromatic carbocycles. The molecule has 1 fully saturated rings. The standard InChI is InChI=1S/C16H17NO/c1-16(9-10-17-11-16)15(18)14-8-4-6-12-5-2-3-7-13(12)14/h2-8,17H,9-11H2,1H3. The van der Waals surface area contributed by atoms with Crippen LogP contribution in [0.3, 0.4) is 0 Å². The van der Waals surface area contributed by atoms with E-state index in [1.54, 1.807) is 0 Å². The molecule has 2 aromatic rings. The fourth-order valence-corrected chi connectivity index (χ4v) is 2.76. The second-order valence-electron chi connectivity index (χ2n) is 5.34. The number of carbonyl (C=O) groups excluding carboxylic acids is 1. The summed E-state index contributed by atoms with van der Waals surface area (Å²) >= 11 is 0. The normalized spacial score (nSPS) is 23.4. The Hall–Kier alpha value is -1.67. The van der Waals surface area contributed by atoms with Gasteiger partial charge in [0.1, 0.15) is 0 Å². The zero-order valence-electron chi connectivity index (χ0n) is 10.6. The maximum absolute atomic E-state index is 12.7. The predicted octanol–water partition coefficient (Wildman–Crippen LogP) is 3.02. The monoisotopic (exact) mass is 239 g/mol. The Morgan fingerprint density at radius 1 is 1.17 bits per heavy atom. The number of ketones is 1. The zero-order chi connectivity index (χ0) is 12.6. The van der Waals surface area contributed by atoms with Crippen LogP contribution in [0.25, 0.3) is 10.8 Å². The van der Waals surface area contributed by atoms with Crippen LogP contribution in [-0.2, 0) is 0 Å². The van der Waals surface area contributed by atoms with Crippen LogP contribution in [0.5, 0.6) is 0 Å². The summed E-state index contributed by atoms with van der Waals surface area (Å²) in [6.45, 7) is 3.79. The number of hydrogen-bond donors (Lipinski definition) is 1. The lowest BCUT2D eigenvalue weighted by Crippen LogP contribution is -2.30. The molecule has 1 unspecified atom stereocenters. The van der Waals surface area contributed by atoms with Crippen LogP contribution in [0.2, 0.25) is 0 Å². The number of carbonyl (C=O) groups is 1. The van der Waals surface area contributed by atoms with Crippen molar-refractivity contribution in [3.8, 4) is 0 Å². The van der Waals surface area contributed by atoms with Crippen LogP contribution in [0.4, 0.5) is 0 Å². The first-order valence-corrected chi connectivity index (χ1v) is 6.44. The van der Waals surface area contributed by atoms with Gasteiger partial charge in [0, 0.05) is 17.5 Å². The van der Waals surface area contributed by atoms with E-state index in [0.717, 1.165) is 35.8 Å². The molecule has 0 spiro atoms. The van der Waals surface area contributed by atoms with E-state index < -0.39 is 0 Å². The largest absolute Gasteiger partial charge is 0.316 e. The fraction of sp³-hybridized carbons (Fsp3) is 0.312. The van der Waals surface area contributed by atoms with Crippen molar-refractivity contribution in [3.63, 3.8) is 0 Å². The van der Waals surface area contributed by atoms with E-state index in [4.69, 9.17) is 0 Å². The Balaban J connectivity index is 2.12. The first kappa shape index (κ1) is 11.4. The number of hydrogen-bond acceptors (Lipinski definition) is 2. The smallest absolute Gasteiger partial charge is 0.170 e. The Labute approximate surface area is 107 Å². The summed E-state index contributed by atoms with van der Waals surface area (Å²) in [5.74, 6) is 0.268. The van der Waals surface area contributed by atoms with Crippen LogP contribution in [0.15, 0.2) is 42.5 Å². The number of Topliss-reactive ketones (excluding diaryl/α,β-unsaturated/α-hetero) is 1. The van der Waals surface area contributed by atoms with Gasteiger partial charge < -0.3 is 5.32 Å². The number of rotatable bonds is 2. The highest BCUT2D eigenvalue weighted by molar-refractivity contribution is 6.10. The van der Waals surface area contributed by atoms with Crippen LogP contribution >= 0.6 is 0 Å². The minimum Gasteiger partial charge on any atom is -0.316 e. The van der Waals surface area contributed by atoms with Gasteiger partial charge in [0.2, 0.25) is 0 Å². The van der Waals surface area contributed by atoms with E-state index in [1.807, 2.05) is 30.3 Å². The van der Waals surface area contributed by atoms with E-state index in [0.29, 0.717) is 0 Å². The van der Waals surface area contributed by atoms with Gasteiger partial charge in [-0.25, -0.2) is 0 Å². The van der Waals surface area contributed by atoms with Crippen LogP contribution in [0.1, 0.15) is 23.7 Å². The third-order valence-electron chi connectivity index (χ3n) is 3.95. The molecule has 0 radical (unpaired) electrons. The van der Waals surface area contributed by atoms with Gasteiger partial charge in [0.05, 0.1) is 0 Å². The summed E-state index contributed by atoms with van der Waals surface area (Å²) in [4.78, 5) is 12.7. The van der Waals surface area contributed by atoms with E-state index in [-0.39, 0.29) is 11.2 Å². The lowest BCUT2D eigenvalue weighted by molar-refractivity contribution is 0.0841. The van der Waals surface area contributed by atoms with Crippen molar-refractivity contribution < 1.29 is 4.79 Å². The van der Waals surface area contributed by atoms with Gasteiger partial charge >= 0.3 is 0 Å². The Morgan fingerprint density at radius 3 is 2.72 bits per heavy atom. The van der Waals surface area contributed by atoms with Crippen molar-refractivity contribution in [2.45, 2.75) is 13.3 Å². The molecule has 1 heterocycles. The molecule has 0 aromatic heterocycles. The number of benzene rings is 2. The third-order valence-corrected chi connectivity index (χ3v) is 3.95. The first-order valence-electron chi connectivity index (χ1n) is 6.44. The minimum atomic E-state index is -0.246. The highest BCUT2D eigenvalue weighted by Crippen LogP contribution is 2.32. The second kappa shape index (κ2) is 4.21. The molecule has 92 valence electrons. The van der Waals surface area contributed by atoms with Gasteiger partial charge in [-0.05, 0) is 23.7 Å². The summed E-state index contributed by atoms with van der Waals surface area (Å²) < 4.78 is 0. The Bertz CT molecular complexity index is 592. The average molecular weight is 239 g/mol. The lowest BCUT2D eigenvalue weighted by atomic mass is 9.80. The minimum absolute atomic E-state index is 0.246. The highest BCUT2D eigenvalue weighted by Gasteiger charge is 2.37. The van der Waals surface area contributed by atoms with Crippen molar-refractivity contribution in [1.29, 1.82) is 0 Å². The third kappa shape index (κ3) is 1.73. The quantitative estimate of drug-likeness (QED) is 0.816. The zero-order valence-corrected chi connectivity index (χ0v) is 10.6.